The monoisotopic (exact) mass is 244 g/mol. The predicted molar refractivity (Wildman–Crippen MR) is 73.5 cm³/mol. The van der Waals surface area contributed by atoms with Crippen molar-refractivity contribution in [2.75, 3.05) is 26.7 Å². The normalized spacial score (nSPS) is 22.7. The van der Waals surface area contributed by atoms with Gasteiger partial charge < -0.3 is 4.90 Å². The highest BCUT2D eigenvalue weighted by atomic mass is 15.3. The van der Waals surface area contributed by atoms with Crippen molar-refractivity contribution >= 4 is 10.9 Å². The molecule has 1 aromatic heterocycles. The van der Waals surface area contributed by atoms with Crippen LogP contribution < -0.4 is 0 Å². The van der Waals surface area contributed by atoms with Crippen molar-refractivity contribution in [2.24, 2.45) is 0 Å². The van der Waals surface area contributed by atoms with Gasteiger partial charge in [0.25, 0.3) is 0 Å². The molecule has 1 aliphatic heterocycles. The zero-order valence-electron chi connectivity index (χ0n) is 11.1. The minimum Gasteiger partial charge on any atom is -0.304 e. The molecule has 1 saturated heterocycles. The van der Waals surface area contributed by atoms with Crippen LogP contribution >= 0.6 is 0 Å². The highest BCUT2D eigenvalue weighted by molar-refractivity contribution is 5.81. The first-order valence-electron chi connectivity index (χ1n) is 6.58. The number of hydrogen-bond acceptors (Lipinski definition) is 3. The molecule has 1 N–H and O–H groups in total. The zero-order chi connectivity index (χ0) is 12.5. The van der Waals surface area contributed by atoms with Crippen LogP contribution in [0, 0.1) is 0 Å². The summed E-state index contributed by atoms with van der Waals surface area (Å²) in [5.74, 6) is 0. The lowest BCUT2D eigenvalue weighted by Crippen LogP contribution is -2.49. The van der Waals surface area contributed by atoms with E-state index in [0.717, 1.165) is 31.7 Å². The maximum absolute atomic E-state index is 4.36. The van der Waals surface area contributed by atoms with Gasteiger partial charge in [-0.2, -0.15) is 5.10 Å². The summed E-state index contributed by atoms with van der Waals surface area (Å²) in [6.07, 6.45) is 0. The van der Waals surface area contributed by atoms with Gasteiger partial charge in [0.05, 0.1) is 11.2 Å². The van der Waals surface area contributed by atoms with E-state index in [9.17, 15) is 0 Å². The van der Waals surface area contributed by atoms with Gasteiger partial charge in [-0.25, -0.2) is 0 Å². The number of likely N-dealkylation sites (N-methyl/N-ethyl adjacent to an activating group) is 1. The molecular weight excluding hydrogens is 224 g/mol. The van der Waals surface area contributed by atoms with Crippen molar-refractivity contribution in [1.29, 1.82) is 0 Å². The number of nitrogens with one attached hydrogen (secondary N) is 1. The Morgan fingerprint density at radius 3 is 3.00 bits per heavy atom. The molecule has 4 nitrogen and oxygen atoms in total. The Labute approximate surface area is 108 Å². The van der Waals surface area contributed by atoms with Gasteiger partial charge in [0.2, 0.25) is 0 Å². The van der Waals surface area contributed by atoms with Crippen LogP contribution in [-0.2, 0) is 6.54 Å². The number of nitrogens with zero attached hydrogens (tertiary/aromatic N) is 3. The van der Waals surface area contributed by atoms with Crippen LogP contribution in [-0.4, -0.2) is 52.7 Å². The number of aromatic amines is 1. The molecule has 1 atom stereocenters. The van der Waals surface area contributed by atoms with Gasteiger partial charge in [0.1, 0.15) is 0 Å². The van der Waals surface area contributed by atoms with Crippen molar-refractivity contribution in [2.45, 2.75) is 19.5 Å². The SMILES string of the molecule is C[C@H]1CN(C)CCN1Cc1[nH]nc2ccccc12. The fourth-order valence-corrected chi connectivity index (χ4v) is 2.75. The van der Waals surface area contributed by atoms with Gasteiger partial charge >= 0.3 is 0 Å². The molecule has 2 heterocycles. The topological polar surface area (TPSA) is 35.2 Å². The smallest absolute Gasteiger partial charge is 0.0924 e. The summed E-state index contributed by atoms with van der Waals surface area (Å²) in [6, 6.07) is 8.92. The summed E-state index contributed by atoms with van der Waals surface area (Å²) in [7, 11) is 2.19. The second kappa shape index (κ2) is 4.71. The Balaban J connectivity index is 1.80. The number of para-hydroxylation sites is 1. The summed E-state index contributed by atoms with van der Waals surface area (Å²) in [5, 5.41) is 8.80. The first-order valence-corrected chi connectivity index (χ1v) is 6.58. The zero-order valence-corrected chi connectivity index (χ0v) is 11.1. The quantitative estimate of drug-likeness (QED) is 0.873. The van der Waals surface area contributed by atoms with Crippen molar-refractivity contribution < 1.29 is 0 Å². The molecule has 0 unspecified atom stereocenters. The molecule has 0 radical (unpaired) electrons. The standard InChI is InChI=1S/C14H20N4/c1-11-9-17(2)7-8-18(11)10-14-12-5-3-4-6-13(12)15-16-14/h3-6,11H,7-10H2,1-2H3,(H,15,16)/t11-/m0/s1. The largest absolute Gasteiger partial charge is 0.304 e. The number of benzene rings is 1. The number of rotatable bonds is 2. The second-order valence-corrected chi connectivity index (χ2v) is 5.30. The molecule has 96 valence electrons. The van der Waals surface area contributed by atoms with Gasteiger partial charge in [-0.3, -0.25) is 10.00 Å². The molecule has 18 heavy (non-hydrogen) atoms. The summed E-state index contributed by atoms with van der Waals surface area (Å²) < 4.78 is 0. The van der Waals surface area contributed by atoms with E-state index in [4.69, 9.17) is 0 Å². The third-order valence-electron chi connectivity index (χ3n) is 3.87. The minimum absolute atomic E-state index is 0.603. The van der Waals surface area contributed by atoms with Crippen LogP contribution in [0.15, 0.2) is 24.3 Å². The Morgan fingerprint density at radius 2 is 2.17 bits per heavy atom. The lowest BCUT2D eigenvalue weighted by molar-refractivity contribution is 0.0930. The molecule has 2 aromatic rings. The molecule has 0 spiro atoms. The number of aromatic nitrogens is 2. The van der Waals surface area contributed by atoms with E-state index in [-0.39, 0.29) is 0 Å². The summed E-state index contributed by atoms with van der Waals surface area (Å²) in [5.41, 5.74) is 2.30. The second-order valence-electron chi connectivity index (χ2n) is 5.30. The molecule has 1 aromatic carbocycles. The van der Waals surface area contributed by atoms with Gasteiger partial charge in [0.15, 0.2) is 0 Å². The maximum atomic E-state index is 4.36. The number of hydrogen-bond donors (Lipinski definition) is 1. The molecule has 0 aliphatic carbocycles. The Hall–Kier alpha value is -1.39. The molecule has 0 saturated carbocycles. The van der Waals surface area contributed by atoms with Gasteiger partial charge in [-0.1, -0.05) is 18.2 Å². The molecule has 4 heteroatoms. The molecule has 0 bridgehead atoms. The van der Waals surface area contributed by atoms with Crippen LogP contribution in [0.4, 0.5) is 0 Å². The third kappa shape index (κ3) is 2.13. The molecular formula is C14H20N4. The number of H-pyrrole nitrogens is 1. The van der Waals surface area contributed by atoms with E-state index in [1.54, 1.807) is 0 Å². The molecule has 1 aliphatic rings. The summed E-state index contributed by atoms with van der Waals surface area (Å²) in [6.45, 7) is 6.69. The van der Waals surface area contributed by atoms with Crippen LogP contribution in [0.2, 0.25) is 0 Å². The number of fused-ring (bicyclic) bond motifs is 1. The van der Waals surface area contributed by atoms with Gasteiger partial charge in [0, 0.05) is 37.6 Å². The molecule has 3 rings (SSSR count). The van der Waals surface area contributed by atoms with Crippen molar-refractivity contribution in [3.63, 3.8) is 0 Å². The Bertz CT molecular complexity index is 533. The Kier molecular flexibility index (Phi) is 3.06. The lowest BCUT2D eigenvalue weighted by atomic mass is 10.1. The summed E-state index contributed by atoms with van der Waals surface area (Å²) in [4.78, 5) is 4.92. The van der Waals surface area contributed by atoms with E-state index in [1.807, 2.05) is 6.07 Å². The average Bonchev–Trinajstić information content (AvgIpc) is 2.76. The fraction of sp³-hybridized carbons (Fsp3) is 0.500. The van der Waals surface area contributed by atoms with Crippen molar-refractivity contribution in [3.8, 4) is 0 Å². The third-order valence-corrected chi connectivity index (χ3v) is 3.87. The minimum atomic E-state index is 0.603. The Morgan fingerprint density at radius 1 is 1.33 bits per heavy atom. The van der Waals surface area contributed by atoms with Crippen LogP contribution in [0.1, 0.15) is 12.6 Å². The van der Waals surface area contributed by atoms with Gasteiger partial charge in [-0.05, 0) is 20.0 Å². The fourth-order valence-electron chi connectivity index (χ4n) is 2.75. The first kappa shape index (κ1) is 11.7. The van der Waals surface area contributed by atoms with E-state index in [1.165, 1.54) is 11.1 Å². The summed E-state index contributed by atoms with van der Waals surface area (Å²) >= 11 is 0. The highest BCUT2D eigenvalue weighted by Gasteiger charge is 2.22. The van der Waals surface area contributed by atoms with E-state index >= 15 is 0 Å². The molecule has 1 fully saturated rings. The van der Waals surface area contributed by atoms with Crippen molar-refractivity contribution in [1.82, 2.24) is 20.0 Å². The van der Waals surface area contributed by atoms with Crippen LogP contribution in [0.5, 0.6) is 0 Å². The van der Waals surface area contributed by atoms with E-state index in [0.29, 0.717) is 6.04 Å². The van der Waals surface area contributed by atoms with Crippen LogP contribution in [0.3, 0.4) is 0 Å². The van der Waals surface area contributed by atoms with Crippen molar-refractivity contribution in [3.05, 3.63) is 30.0 Å². The predicted octanol–water partition coefficient (Wildman–Crippen LogP) is 1.70. The average molecular weight is 244 g/mol. The van der Waals surface area contributed by atoms with E-state index < -0.39 is 0 Å². The lowest BCUT2D eigenvalue weighted by Gasteiger charge is -2.37. The van der Waals surface area contributed by atoms with Crippen LogP contribution in [0.25, 0.3) is 10.9 Å². The first-order chi connectivity index (χ1) is 8.74. The maximum Gasteiger partial charge on any atom is 0.0924 e. The molecule has 0 amide bonds. The van der Waals surface area contributed by atoms with Gasteiger partial charge in [-0.15, -0.1) is 0 Å². The van der Waals surface area contributed by atoms with E-state index in [2.05, 4.69) is 52.2 Å². The number of piperazine rings is 1. The highest BCUT2D eigenvalue weighted by Crippen LogP contribution is 2.19.